The maximum absolute atomic E-state index is 12.0. The fourth-order valence-corrected chi connectivity index (χ4v) is 2.67. The first-order valence-corrected chi connectivity index (χ1v) is 7.36. The molecule has 0 spiro atoms. The standard InChI is InChI=1S/C14H24N4O2/c1-3-6-18-12(15)11(13(19)16-14(18)20)9-17-7-4-10(2)5-8-17/h10H,3-9,15H2,1-2H3,(H,16,19,20). The van der Waals surface area contributed by atoms with Gasteiger partial charge in [-0.25, -0.2) is 4.79 Å². The molecule has 0 saturated carbocycles. The fraction of sp³-hybridized carbons (Fsp3) is 0.714. The molecule has 0 amide bonds. The molecule has 1 aliphatic heterocycles. The van der Waals surface area contributed by atoms with Gasteiger partial charge in [-0.2, -0.15) is 0 Å². The smallest absolute Gasteiger partial charge is 0.329 e. The van der Waals surface area contributed by atoms with E-state index in [2.05, 4.69) is 16.8 Å². The second-order valence-corrected chi connectivity index (χ2v) is 5.73. The summed E-state index contributed by atoms with van der Waals surface area (Å²) in [5, 5.41) is 0. The predicted molar refractivity (Wildman–Crippen MR) is 79.7 cm³/mol. The topological polar surface area (TPSA) is 84.1 Å². The maximum Gasteiger partial charge on any atom is 0.329 e. The van der Waals surface area contributed by atoms with Crippen LogP contribution in [0.2, 0.25) is 0 Å². The Morgan fingerprint density at radius 2 is 1.95 bits per heavy atom. The van der Waals surface area contributed by atoms with Crippen LogP contribution in [0.5, 0.6) is 0 Å². The van der Waals surface area contributed by atoms with Gasteiger partial charge in [-0.1, -0.05) is 13.8 Å². The van der Waals surface area contributed by atoms with Gasteiger partial charge in [0.05, 0.1) is 5.56 Å². The number of rotatable bonds is 4. The van der Waals surface area contributed by atoms with Crippen molar-refractivity contribution < 1.29 is 0 Å². The largest absolute Gasteiger partial charge is 0.385 e. The molecule has 1 aromatic rings. The number of hydrogen-bond acceptors (Lipinski definition) is 4. The van der Waals surface area contributed by atoms with Crippen molar-refractivity contribution >= 4 is 5.82 Å². The van der Waals surface area contributed by atoms with E-state index in [1.54, 1.807) is 0 Å². The molecule has 1 saturated heterocycles. The summed E-state index contributed by atoms with van der Waals surface area (Å²) < 4.78 is 1.46. The lowest BCUT2D eigenvalue weighted by molar-refractivity contribution is 0.184. The lowest BCUT2D eigenvalue weighted by Crippen LogP contribution is -2.39. The first kappa shape index (κ1) is 14.8. The molecule has 0 unspecified atom stereocenters. The highest BCUT2D eigenvalue weighted by Gasteiger charge is 2.19. The van der Waals surface area contributed by atoms with Gasteiger partial charge >= 0.3 is 5.69 Å². The molecule has 2 heterocycles. The highest BCUT2D eigenvalue weighted by atomic mass is 16.2. The van der Waals surface area contributed by atoms with Crippen molar-refractivity contribution in [3.05, 3.63) is 26.4 Å². The summed E-state index contributed by atoms with van der Waals surface area (Å²) in [4.78, 5) is 28.3. The Morgan fingerprint density at radius 1 is 1.30 bits per heavy atom. The summed E-state index contributed by atoms with van der Waals surface area (Å²) in [6.07, 6.45) is 3.09. The van der Waals surface area contributed by atoms with Gasteiger partial charge in [0.2, 0.25) is 0 Å². The molecule has 1 aliphatic rings. The van der Waals surface area contributed by atoms with Gasteiger partial charge in [-0.3, -0.25) is 19.2 Å². The number of hydrogen-bond donors (Lipinski definition) is 2. The molecule has 6 nitrogen and oxygen atoms in total. The third-order valence-corrected chi connectivity index (χ3v) is 4.04. The Bertz CT molecular complexity index is 568. The highest BCUT2D eigenvalue weighted by Crippen LogP contribution is 2.18. The minimum absolute atomic E-state index is 0.319. The van der Waals surface area contributed by atoms with Crippen molar-refractivity contribution in [2.75, 3.05) is 18.8 Å². The Kier molecular flexibility index (Phi) is 4.65. The molecule has 0 atom stereocenters. The van der Waals surface area contributed by atoms with Gasteiger partial charge in [-0.15, -0.1) is 0 Å². The van der Waals surface area contributed by atoms with E-state index in [1.165, 1.54) is 4.57 Å². The Balaban J connectivity index is 2.25. The SMILES string of the molecule is CCCn1c(N)c(CN2CCC(C)CC2)c(=O)[nH]c1=O. The molecular formula is C14H24N4O2. The van der Waals surface area contributed by atoms with Gasteiger partial charge in [0.1, 0.15) is 5.82 Å². The van der Waals surface area contributed by atoms with Crippen molar-refractivity contribution in [2.45, 2.75) is 46.2 Å². The molecule has 112 valence electrons. The van der Waals surface area contributed by atoms with Crippen LogP contribution in [0.3, 0.4) is 0 Å². The molecule has 0 aromatic carbocycles. The van der Waals surface area contributed by atoms with E-state index >= 15 is 0 Å². The number of anilines is 1. The monoisotopic (exact) mass is 280 g/mol. The lowest BCUT2D eigenvalue weighted by atomic mass is 9.99. The molecular weight excluding hydrogens is 256 g/mol. The lowest BCUT2D eigenvalue weighted by Gasteiger charge is -2.30. The maximum atomic E-state index is 12.0. The van der Waals surface area contributed by atoms with Crippen LogP contribution in [0, 0.1) is 5.92 Å². The van der Waals surface area contributed by atoms with Crippen LogP contribution in [0.25, 0.3) is 0 Å². The molecule has 2 rings (SSSR count). The zero-order valence-corrected chi connectivity index (χ0v) is 12.3. The number of nitrogens with zero attached hydrogens (tertiary/aromatic N) is 2. The highest BCUT2D eigenvalue weighted by molar-refractivity contribution is 5.38. The number of H-pyrrole nitrogens is 1. The summed E-state index contributed by atoms with van der Waals surface area (Å²) in [7, 11) is 0. The van der Waals surface area contributed by atoms with Crippen LogP contribution in [0.15, 0.2) is 9.59 Å². The minimum atomic E-state index is -0.412. The molecule has 0 aliphatic carbocycles. The van der Waals surface area contributed by atoms with Crippen molar-refractivity contribution in [1.29, 1.82) is 0 Å². The number of aromatic amines is 1. The van der Waals surface area contributed by atoms with Gasteiger partial charge in [0.15, 0.2) is 0 Å². The molecule has 0 bridgehead atoms. The van der Waals surface area contributed by atoms with Gasteiger partial charge in [0, 0.05) is 13.1 Å². The number of piperidine rings is 1. The van der Waals surface area contributed by atoms with Crippen LogP contribution in [-0.2, 0) is 13.1 Å². The zero-order valence-electron chi connectivity index (χ0n) is 12.3. The molecule has 1 aromatic heterocycles. The number of likely N-dealkylation sites (tertiary alicyclic amines) is 1. The van der Waals surface area contributed by atoms with Gasteiger partial charge in [-0.05, 0) is 38.3 Å². The van der Waals surface area contributed by atoms with E-state index in [4.69, 9.17) is 5.73 Å². The first-order valence-electron chi connectivity index (χ1n) is 7.36. The van der Waals surface area contributed by atoms with Crippen molar-refractivity contribution in [1.82, 2.24) is 14.5 Å². The average Bonchev–Trinajstić information content (AvgIpc) is 2.41. The quantitative estimate of drug-likeness (QED) is 0.853. The second kappa shape index (κ2) is 6.26. The normalized spacial score (nSPS) is 17.5. The number of nitrogens with two attached hydrogens (primary N) is 1. The summed E-state index contributed by atoms with van der Waals surface area (Å²) in [6.45, 7) is 7.24. The van der Waals surface area contributed by atoms with Crippen LogP contribution < -0.4 is 17.0 Å². The van der Waals surface area contributed by atoms with E-state index in [9.17, 15) is 9.59 Å². The fourth-order valence-electron chi connectivity index (χ4n) is 2.67. The molecule has 6 heteroatoms. The number of nitrogens with one attached hydrogen (secondary N) is 1. The van der Waals surface area contributed by atoms with E-state index < -0.39 is 5.69 Å². The third kappa shape index (κ3) is 3.12. The van der Waals surface area contributed by atoms with Crippen LogP contribution in [0.4, 0.5) is 5.82 Å². The third-order valence-electron chi connectivity index (χ3n) is 4.04. The summed E-state index contributed by atoms with van der Waals surface area (Å²) in [5.74, 6) is 1.06. The Morgan fingerprint density at radius 3 is 2.55 bits per heavy atom. The Hall–Kier alpha value is -1.56. The summed E-state index contributed by atoms with van der Waals surface area (Å²) in [5.41, 5.74) is 5.79. The molecule has 20 heavy (non-hydrogen) atoms. The van der Waals surface area contributed by atoms with Crippen molar-refractivity contribution in [2.24, 2.45) is 5.92 Å². The minimum Gasteiger partial charge on any atom is -0.385 e. The van der Waals surface area contributed by atoms with E-state index in [1.807, 2.05) is 6.92 Å². The number of nitrogen functional groups attached to an aromatic ring is 1. The van der Waals surface area contributed by atoms with E-state index in [-0.39, 0.29) is 5.56 Å². The van der Waals surface area contributed by atoms with Crippen molar-refractivity contribution in [3.8, 4) is 0 Å². The molecule has 3 N–H and O–H groups in total. The zero-order chi connectivity index (χ0) is 14.7. The average molecular weight is 280 g/mol. The van der Waals surface area contributed by atoms with E-state index in [0.717, 1.165) is 38.3 Å². The first-order chi connectivity index (χ1) is 9.52. The van der Waals surface area contributed by atoms with Crippen LogP contribution >= 0.6 is 0 Å². The van der Waals surface area contributed by atoms with Crippen LogP contribution in [-0.4, -0.2) is 27.5 Å². The number of aromatic nitrogens is 2. The van der Waals surface area contributed by atoms with Crippen LogP contribution in [0.1, 0.15) is 38.7 Å². The van der Waals surface area contributed by atoms with E-state index in [0.29, 0.717) is 24.5 Å². The van der Waals surface area contributed by atoms with Crippen molar-refractivity contribution in [3.63, 3.8) is 0 Å². The second-order valence-electron chi connectivity index (χ2n) is 5.73. The summed E-state index contributed by atoms with van der Waals surface area (Å²) >= 11 is 0. The van der Waals surface area contributed by atoms with Gasteiger partial charge in [0.25, 0.3) is 5.56 Å². The molecule has 0 radical (unpaired) electrons. The molecule has 1 fully saturated rings. The van der Waals surface area contributed by atoms with Gasteiger partial charge < -0.3 is 5.73 Å². The summed E-state index contributed by atoms with van der Waals surface area (Å²) in [6, 6.07) is 0. The Labute approximate surface area is 118 Å². The predicted octanol–water partition coefficient (Wildman–Crippen LogP) is 0.761.